The molecule has 0 radical (unpaired) electrons. The SMILES string of the molecule is CC1(n2c(=O)[nH]c3ccc(C(=O)O)cc32)CCOC1. The van der Waals surface area contributed by atoms with E-state index in [9.17, 15) is 9.59 Å². The van der Waals surface area contributed by atoms with E-state index in [4.69, 9.17) is 9.84 Å². The molecule has 1 aliphatic heterocycles. The summed E-state index contributed by atoms with van der Waals surface area (Å²) < 4.78 is 6.99. The Labute approximate surface area is 108 Å². The normalized spacial score (nSPS) is 23.0. The monoisotopic (exact) mass is 262 g/mol. The number of carboxylic acids is 1. The van der Waals surface area contributed by atoms with Gasteiger partial charge >= 0.3 is 11.7 Å². The van der Waals surface area contributed by atoms with Crippen LogP contribution in [0.15, 0.2) is 23.0 Å². The van der Waals surface area contributed by atoms with Crippen molar-refractivity contribution in [3.8, 4) is 0 Å². The van der Waals surface area contributed by atoms with Gasteiger partial charge in [0.15, 0.2) is 0 Å². The van der Waals surface area contributed by atoms with E-state index in [1.165, 1.54) is 12.1 Å². The molecule has 1 unspecified atom stereocenters. The van der Waals surface area contributed by atoms with E-state index in [0.29, 0.717) is 24.2 Å². The van der Waals surface area contributed by atoms with Crippen LogP contribution in [-0.2, 0) is 10.3 Å². The maximum Gasteiger partial charge on any atom is 0.335 e. The minimum Gasteiger partial charge on any atom is -0.478 e. The average Bonchev–Trinajstić information content (AvgIpc) is 2.91. The number of hydrogen-bond acceptors (Lipinski definition) is 3. The van der Waals surface area contributed by atoms with Gasteiger partial charge in [-0.05, 0) is 31.5 Å². The average molecular weight is 262 g/mol. The Morgan fingerprint density at radius 2 is 2.32 bits per heavy atom. The van der Waals surface area contributed by atoms with Crippen LogP contribution in [0, 0.1) is 0 Å². The molecule has 6 heteroatoms. The molecule has 1 aromatic carbocycles. The number of carboxylic acid groups (broad SMARTS) is 1. The quantitative estimate of drug-likeness (QED) is 0.850. The molecule has 1 atom stereocenters. The van der Waals surface area contributed by atoms with Crippen LogP contribution in [-0.4, -0.2) is 33.8 Å². The molecule has 1 saturated heterocycles. The number of hydrogen-bond donors (Lipinski definition) is 2. The molecule has 0 bridgehead atoms. The Balaban J connectivity index is 2.28. The van der Waals surface area contributed by atoms with Gasteiger partial charge in [-0.15, -0.1) is 0 Å². The van der Waals surface area contributed by atoms with Crippen molar-refractivity contribution in [2.75, 3.05) is 13.2 Å². The number of fused-ring (bicyclic) bond motifs is 1. The lowest BCUT2D eigenvalue weighted by Crippen LogP contribution is -2.37. The van der Waals surface area contributed by atoms with Crippen molar-refractivity contribution < 1.29 is 14.6 Å². The summed E-state index contributed by atoms with van der Waals surface area (Å²) in [6, 6.07) is 4.63. The van der Waals surface area contributed by atoms with E-state index in [1.807, 2.05) is 6.92 Å². The first-order chi connectivity index (χ1) is 9.01. The molecule has 6 nitrogen and oxygen atoms in total. The highest BCUT2D eigenvalue weighted by Crippen LogP contribution is 2.28. The summed E-state index contributed by atoms with van der Waals surface area (Å²) in [5, 5.41) is 9.05. The first-order valence-corrected chi connectivity index (χ1v) is 6.08. The van der Waals surface area contributed by atoms with Gasteiger partial charge in [0.05, 0.1) is 28.7 Å². The summed E-state index contributed by atoms with van der Waals surface area (Å²) >= 11 is 0. The van der Waals surface area contributed by atoms with Crippen molar-refractivity contribution in [2.24, 2.45) is 0 Å². The van der Waals surface area contributed by atoms with Crippen molar-refractivity contribution in [1.29, 1.82) is 0 Å². The number of ether oxygens (including phenoxy) is 1. The van der Waals surface area contributed by atoms with E-state index in [2.05, 4.69) is 4.98 Å². The van der Waals surface area contributed by atoms with Crippen molar-refractivity contribution in [1.82, 2.24) is 9.55 Å². The van der Waals surface area contributed by atoms with Crippen LogP contribution in [0.3, 0.4) is 0 Å². The number of aromatic amines is 1. The molecule has 19 heavy (non-hydrogen) atoms. The predicted octanol–water partition coefficient (Wildman–Crippen LogP) is 1.16. The summed E-state index contributed by atoms with van der Waals surface area (Å²) in [5.41, 5.74) is 0.765. The van der Waals surface area contributed by atoms with Crippen molar-refractivity contribution in [3.63, 3.8) is 0 Å². The minimum atomic E-state index is -1.00. The summed E-state index contributed by atoms with van der Waals surface area (Å²) in [6.45, 7) is 3.01. The maximum atomic E-state index is 12.1. The van der Waals surface area contributed by atoms with Crippen molar-refractivity contribution >= 4 is 17.0 Å². The first kappa shape index (κ1) is 12.0. The van der Waals surface area contributed by atoms with Gasteiger partial charge in [-0.3, -0.25) is 4.57 Å². The van der Waals surface area contributed by atoms with Crippen LogP contribution in [0.2, 0.25) is 0 Å². The predicted molar refractivity (Wildman–Crippen MR) is 68.6 cm³/mol. The van der Waals surface area contributed by atoms with E-state index < -0.39 is 11.5 Å². The smallest absolute Gasteiger partial charge is 0.335 e. The summed E-state index contributed by atoms with van der Waals surface area (Å²) in [4.78, 5) is 25.9. The largest absolute Gasteiger partial charge is 0.478 e. The van der Waals surface area contributed by atoms with Crippen LogP contribution in [0.5, 0.6) is 0 Å². The standard InChI is InChI=1S/C13H14N2O4/c1-13(4-5-19-7-13)15-10-6-8(11(16)17)2-3-9(10)14-12(15)18/h2-3,6H,4-5,7H2,1H3,(H,14,18)(H,16,17). The number of aromatic nitrogens is 2. The van der Waals surface area contributed by atoms with Crippen molar-refractivity contribution in [3.05, 3.63) is 34.2 Å². The van der Waals surface area contributed by atoms with Crippen molar-refractivity contribution in [2.45, 2.75) is 18.9 Å². The molecular weight excluding hydrogens is 248 g/mol. The zero-order valence-corrected chi connectivity index (χ0v) is 10.5. The number of rotatable bonds is 2. The second kappa shape index (κ2) is 3.96. The molecular formula is C13H14N2O4. The van der Waals surface area contributed by atoms with E-state index in [-0.39, 0.29) is 11.3 Å². The highest BCUT2D eigenvalue weighted by molar-refractivity contribution is 5.92. The number of benzene rings is 1. The lowest BCUT2D eigenvalue weighted by molar-refractivity contribution is 0.0697. The summed E-state index contributed by atoms with van der Waals surface area (Å²) in [6.07, 6.45) is 0.733. The third kappa shape index (κ3) is 1.76. The van der Waals surface area contributed by atoms with E-state index in [1.54, 1.807) is 10.6 Å². The second-order valence-corrected chi connectivity index (χ2v) is 5.10. The van der Waals surface area contributed by atoms with Crippen LogP contribution in [0.4, 0.5) is 0 Å². The number of H-pyrrole nitrogens is 1. The fourth-order valence-corrected chi connectivity index (χ4v) is 2.60. The molecule has 100 valence electrons. The molecule has 2 N–H and O–H groups in total. The first-order valence-electron chi connectivity index (χ1n) is 6.08. The molecule has 1 aliphatic rings. The fourth-order valence-electron chi connectivity index (χ4n) is 2.60. The maximum absolute atomic E-state index is 12.1. The number of aromatic carboxylic acids is 1. The Bertz CT molecular complexity index is 707. The van der Waals surface area contributed by atoms with Gasteiger partial charge in [-0.25, -0.2) is 9.59 Å². The van der Waals surface area contributed by atoms with Gasteiger partial charge in [0.25, 0.3) is 0 Å². The third-order valence-corrected chi connectivity index (χ3v) is 3.67. The zero-order valence-electron chi connectivity index (χ0n) is 10.5. The molecule has 0 amide bonds. The summed E-state index contributed by atoms with van der Waals surface area (Å²) in [7, 11) is 0. The number of nitrogens with one attached hydrogen (secondary N) is 1. The van der Waals surface area contributed by atoms with Gasteiger partial charge in [0, 0.05) is 6.61 Å². The lowest BCUT2D eigenvalue weighted by Gasteiger charge is -2.23. The highest BCUT2D eigenvalue weighted by Gasteiger charge is 2.34. The Morgan fingerprint density at radius 3 is 2.95 bits per heavy atom. The van der Waals surface area contributed by atoms with Crippen LogP contribution in [0.1, 0.15) is 23.7 Å². The van der Waals surface area contributed by atoms with Gasteiger partial charge in [0.1, 0.15) is 0 Å². The Morgan fingerprint density at radius 1 is 1.53 bits per heavy atom. The second-order valence-electron chi connectivity index (χ2n) is 5.10. The molecule has 0 spiro atoms. The lowest BCUT2D eigenvalue weighted by atomic mass is 10.0. The molecule has 0 saturated carbocycles. The van der Waals surface area contributed by atoms with E-state index in [0.717, 1.165) is 6.42 Å². The zero-order chi connectivity index (χ0) is 13.6. The number of carbonyl (C=O) groups is 1. The number of imidazole rings is 1. The molecule has 1 fully saturated rings. The Kier molecular flexibility index (Phi) is 2.50. The molecule has 1 aromatic heterocycles. The summed E-state index contributed by atoms with van der Waals surface area (Å²) in [5.74, 6) is -1.00. The number of nitrogens with zero attached hydrogens (tertiary/aromatic N) is 1. The Hall–Kier alpha value is -2.08. The van der Waals surface area contributed by atoms with Gasteiger partial charge in [-0.2, -0.15) is 0 Å². The minimum absolute atomic E-state index is 0.169. The van der Waals surface area contributed by atoms with Gasteiger partial charge in [-0.1, -0.05) is 0 Å². The molecule has 2 heterocycles. The van der Waals surface area contributed by atoms with Gasteiger partial charge in [0.2, 0.25) is 0 Å². The van der Waals surface area contributed by atoms with Gasteiger partial charge < -0.3 is 14.8 Å². The fraction of sp³-hybridized carbons (Fsp3) is 0.385. The van der Waals surface area contributed by atoms with Crippen LogP contribution >= 0.6 is 0 Å². The topological polar surface area (TPSA) is 84.3 Å². The van der Waals surface area contributed by atoms with Crippen LogP contribution in [0.25, 0.3) is 11.0 Å². The highest BCUT2D eigenvalue weighted by atomic mass is 16.5. The van der Waals surface area contributed by atoms with Crippen LogP contribution < -0.4 is 5.69 Å². The van der Waals surface area contributed by atoms with E-state index >= 15 is 0 Å². The third-order valence-electron chi connectivity index (χ3n) is 3.67. The molecule has 2 aromatic rings. The molecule has 3 rings (SSSR count). The molecule has 0 aliphatic carbocycles.